The molecule has 1 aliphatic rings. The number of carbonyl (C=O) groups is 2. The van der Waals surface area contributed by atoms with Crippen LogP contribution in [0.3, 0.4) is 0 Å². The van der Waals surface area contributed by atoms with E-state index in [1.54, 1.807) is 11.0 Å². The van der Waals surface area contributed by atoms with Crippen molar-refractivity contribution >= 4 is 23.2 Å². The fourth-order valence-electron chi connectivity index (χ4n) is 2.60. The highest BCUT2D eigenvalue weighted by Crippen LogP contribution is 2.31. The van der Waals surface area contributed by atoms with Crippen molar-refractivity contribution in [2.24, 2.45) is 0 Å². The maximum Gasteiger partial charge on any atom is 0.335 e. The van der Waals surface area contributed by atoms with Gasteiger partial charge in [0.25, 0.3) is 5.91 Å². The average molecular weight is 335 g/mol. The number of nitrogens with zero attached hydrogens (tertiary/aromatic N) is 1. The lowest BCUT2D eigenvalue weighted by Gasteiger charge is -2.35. The van der Waals surface area contributed by atoms with Crippen LogP contribution in [0.15, 0.2) is 28.7 Å². The minimum atomic E-state index is -1.72. The van der Waals surface area contributed by atoms with E-state index in [0.29, 0.717) is 4.88 Å². The first-order valence-corrected chi connectivity index (χ1v) is 8.12. The van der Waals surface area contributed by atoms with Crippen LogP contribution in [0.4, 0.5) is 0 Å². The van der Waals surface area contributed by atoms with Gasteiger partial charge < -0.3 is 19.5 Å². The van der Waals surface area contributed by atoms with E-state index < -0.39 is 11.6 Å². The van der Waals surface area contributed by atoms with Crippen LogP contribution >= 0.6 is 11.3 Å². The van der Waals surface area contributed by atoms with Crippen molar-refractivity contribution < 1.29 is 24.2 Å². The van der Waals surface area contributed by atoms with Crippen LogP contribution in [0, 0.1) is 6.92 Å². The highest BCUT2D eigenvalue weighted by Gasteiger charge is 2.40. The number of piperidine rings is 1. The zero-order valence-electron chi connectivity index (χ0n) is 12.6. The molecule has 0 spiro atoms. The fraction of sp³-hybridized carbons (Fsp3) is 0.375. The molecule has 1 fully saturated rings. The zero-order valence-corrected chi connectivity index (χ0v) is 13.4. The Balaban J connectivity index is 1.70. The van der Waals surface area contributed by atoms with Crippen molar-refractivity contribution in [2.45, 2.75) is 25.4 Å². The predicted molar refractivity (Wildman–Crippen MR) is 84.5 cm³/mol. The summed E-state index contributed by atoms with van der Waals surface area (Å²) < 4.78 is 5.55. The Morgan fingerprint density at radius 3 is 2.48 bits per heavy atom. The molecule has 0 atom stereocenters. The molecule has 23 heavy (non-hydrogen) atoms. The second kappa shape index (κ2) is 5.82. The van der Waals surface area contributed by atoms with Gasteiger partial charge in [0.1, 0.15) is 11.5 Å². The summed E-state index contributed by atoms with van der Waals surface area (Å²) in [5.41, 5.74) is -1.72. The number of rotatable bonds is 3. The predicted octanol–water partition coefficient (Wildman–Crippen LogP) is 2.37. The topological polar surface area (TPSA) is 91.0 Å². The number of hydrogen-bond donors (Lipinski definition) is 2. The molecule has 2 aromatic heterocycles. The molecule has 3 heterocycles. The number of furan rings is 1. The number of hydrogen-bond acceptors (Lipinski definition) is 5. The molecule has 3 rings (SSSR count). The standard InChI is InChI=1S/C16H17NO5S/c1-10-2-3-11(22-10)12-4-5-13(23-12)14(18)17-8-6-16(21,7-9-17)15(19)20/h2-5,21H,6-9H2,1H3,(H,19,20). The van der Waals surface area contributed by atoms with Gasteiger partial charge in [0.15, 0.2) is 5.60 Å². The SMILES string of the molecule is Cc1ccc(-c2ccc(C(=O)N3CCC(O)(C(=O)O)CC3)s2)o1. The Labute approximate surface area is 137 Å². The van der Waals surface area contributed by atoms with Crippen molar-refractivity contribution in [3.63, 3.8) is 0 Å². The second-order valence-electron chi connectivity index (χ2n) is 5.70. The summed E-state index contributed by atoms with van der Waals surface area (Å²) in [4.78, 5) is 26.6. The monoisotopic (exact) mass is 335 g/mol. The summed E-state index contributed by atoms with van der Waals surface area (Å²) in [5.74, 6) is 0.170. The van der Waals surface area contributed by atoms with E-state index in [0.717, 1.165) is 16.4 Å². The maximum atomic E-state index is 12.5. The van der Waals surface area contributed by atoms with Crippen LogP contribution in [-0.2, 0) is 4.79 Å². The number of aliphatic hydroxyl groups is 1. The van der Waals surface area contributed by atoms with E-state index >= 15 is 0 Å². The summed E-state index contributed by atoms with van der Waals surface area (Å²) in [6.45, 7) is 2.32. The van der Waals surface area contributed by atoms with E-state index in [1.165, 1.54) is 11.3 Å². The van der Waals surface area contributed by atoms with Crippen molar-refractivity contribution in [3.05, 3.63) is 34.9 Å². The number of aliphatic carboxylic acids is 1. The Morgan fingerprint density at radius 2 is 1.91 bits per heavy atom. The summed E-state index contributed by atoms with van der Waals surface area (Å²) in [6, 6.07) is 7.32. The minimum absolute atomic E-state index is 0.0453. The van der Waals surface area contributed by atoms with Crippen molar-refractivity contribution in [1.29, 1.82) is 0 Å². The lowest BCUT2D eigenvalue weighted by molar-refractivity contribution is -0.162. The number of carbonyl (C=O) groups excluding carboxylic acids is 1. The summed E-state index contributed by atoms with van der Waals surface area (Å²) in [6.07, 6.45) is 0.0906. The highest BCUT2D eigenvalue weighted by molar-refractivity contribution is 7.17. The van der Waals surface area contributed by atoms with Gasteiger partial charge in [-0.3, -0.25) is 4.79 Å². The Morgan fingerprint density at radius 1 is 1.22 bits per heavy atom. The van der Waals surface area contributed by atoms with Crippen LogP contribution in [0.25, 0.3) is 10.6 Å². The van der Waals surface area contributed by atoms with Gasteiger partial charge in [-0.1, -0.05) is 0 Å². The molecule has 0 saturated carbocycles. The van der Waals surface area contributed by atoms with E-state index in [-0.39, 0.29) is 31.8 Å². The maximum absolute atomic E-state index is 12.5. The molecule has 0 aromatic carbocycles. The Hall–Kier alpha value is -2.12. The van der Waals surface area contributed by atoms with Gasteiger partial charge in [-0.15, -0.1) is 11.3 Å². The van der Waals surface area contributed by atoms with Crippen molar-refractivity contribution in [3.8, 4) is 10.6 Å². The van der Waals surface area contributed by atoms with Gasteiger partial charge in [0.05, 0.1) is 9.75 Å². The average Bonchev–Trinajstić information content (AvgIpc) is 3.16. The smallest absolute Gasteiger partial charge is 0.335 e. The largest absolute Gasteiger partial charge is 0.479 e. The molecular formula is C16H17NO5S. The molecule has 2 aromatic rings. The molecule has 6 nitrogen and oxygen atoms in total. The van der Waals surface area contributed by atoms with E-state index in [9.17, 15) is 14.7 Å². The first kappa shape index (κ1) is 15.8. The molecule has 0 bridgehead atoms. The lowest BCUT2D eigenvalue weighted by Crippen LogP contribution is -2.50. The van der Waals surface area contributed by atoms with Gasteiger partial charge in [-0.25, -0.2) is 4.79 Å². The van der Waals surface area contributed by atoms with Crippen LogP contribution in [0.1, 0.15) is 28.3 Å². The highest BCUT2D eigenvalue weighted by atomic mass is 32.1. The molecule has 7 heteroatoms. The molecule has 1 saturated heterocycles. The summed E-state index contributed by atoms with van der Waals surface area (Å²) in [7, 11) is 0. The first-order valence-electron chi connectivity index (χ1n) is 7.31. The lowest BCUT2D eigenvalue weighted by atomic mass is 9.91. The normalized spacial score (nSPS) is 17.2. The third-order valence-electron chi connectivity index (χ3n) is 4.08. The first-order chi connectivity index (χ1) is 10.9. The molecule has 122 valence electrons. The Bertz CT molecular complexity index is 739. The van der Waals surface area contributed by atoms with Gasteiger partial charge in [-0.2, -0.15) is 0 Å². The third-order valence-corrected chi connectivity index (χ3v) is 5.16. The molecule has 1 aliphatic heterocycles. The summed E-state index contributed by atoms with van der Waals surface area (Å²) in [5, 5.41) is 18.9. The van der Waals surface area contributed by atoms with Gasteiger partial charge in [0, 0.05) is 25.9 Å². The number of thiophene rings is 1. The third kappa shape index (κ3) is 3.02. The molecule has 0 aliphatic carbocycles. The number of likely N-dealkylation sites (tertiary alicyclic amines) is 1. The Kier molecular flexibility index (Phi) is 3.99. The fourth-order valence-corrected chi connectivity index (χ4v) is 3.54. The molecule has 0 radical (unpaired) electrons. The van der Waals surface area contributed by atoms with Crippen LogP contribution in [-0.4, -0.2) is 45.7 Å². The van der Waals surface area contributed by atoms with Crippen molar-refractivity contribution in [1.82, 2.24) is 4.90 Å². The van der Waals surface area contributed by atoms with E-state index in [2.05, 4.69) is 0 Å². The summed E-state index contributed by atoms with van der Waals surface area (Å²) >= 11 is 1.34. The molecule has 0 unspecified atom stereocenters. The van der Waals surface area contributed by atoms with Crippen LogP contribution in [0.5, 0.6) is 0 Å². The van der Waals surface area contributed by atoms with Crippen LogP contribution in [0.2, 0.25) is 0 Å². The quantitative estimate of drug-likeness (QED) is 0.898. The van der Waals surface area contributed by atoms with E-state index in [1.807, 2.05) is 25.1 Å². The van der Waals surface area contributed by atoms with Gasteiger partial charge >= 0.3 is 5.97 Å². The minimum Gasteiger partial charge on any atom is -0.479 e. The number of amides is 1. The molecule has 1 amide bonds. The van der Waals surface area contributed by atoms with Gasteiger partial charge in [0.2, 0.25) is 0 Å². The molecular weight excluding hydrogens is 318 g/mol. The second-order valence-corrected chi connectivity index (χ2v) is 6.79. The molecule has 2 N–H and O–H groups in total. The van der Waals surface area contributed by atoms with Gasteiger partial charge in [-0.05, 0) is 31.2 Å². The zero-order chi connectivity index (χ0) is 16.6. The number of carboxylic acid groups (broad SMARTS) is 1. The van der Waals surface area contributed by atoms with E-state index in [4.69, 9.17) is 9.52 Å². The van der Waals surface area contributed by atoms with Crippen LogP contribution < -0.4 is 0 Å². The number of carboxylic acids is 1. The van der Waals surface area contributed by atoms with Crippen molar-refractivity contribution in [2.75, 3.05) is 13.1 Å². The number of aryl methyl sites for hydroxylation is 1.